The Labute approximate surface area is 151 Å². The van der Waals surface area contributed by atoms with Crippen LogP contribution in [0.15, 0.2) is 12.4 Å². The van der Waals surface area contributed by atoms with Gasteiger partial charge >= 0.3 is 12.0 Å². The first-order valence-electron chi connectivity index (χ1n) is 8.43. The van der Waals surface area contributed by atoms with Crippen LogP contribution in [0.5, 0.6) is 0 Å². The van der Waals surface area contributed by atoms with Gasteiger partial charge in [0.15, 0.2) is 6.04 Å². The van der Waals surface area contributed by atoms with E-state index in [1.54, 1.807) is 25.2 Å². The molecular weight excluding hydrogens is 340 g/mol. The number of carbonyl (C=O) groups excluding carboxylic acids is 2. The predicted molar refractivity (Wildman–Crippen MR) is 90.7 cm³/mol. The van der Waals surface area contributed by atoms with Gasteiger partial charge in [0.25, 0.3) is 5.91 Å². The molecule has 1 fully saturated rings. The number of aromatic nitrogens is 1. The molecule has 26 heavy (non-hydrogen) atoms. The summed E-state index contributed by atoms with van der Waals surface area (Å²) in [5, 5.41) is 9.35. The number of urea groups is 1. The molecule has 0 spiro atoms. The van der Waals surface area contributed by atoms with Crippen LogP contribution in [0.1, 0.15) is 21.5 Å². The van der Waals surface area contributed by atoms with E-state index in [0.29, 0.717) is 31.7 Å². The van der Waals surface area contributed by atoms with Crippen LogP contribution in [-0.4, -0.2) is 89.1 Å². The molecule has 3 amide bonds. The Balaban J connectivity index is 1.86. The number of ether oxygens (including phenoxy) is 1. The summed E-state index contributed by atoms with van der Waals surface area (Å²) in [5.41, 5.74) is 2.06. The lowest BCUT2D eigenvalue weighted by atomic mass is 9.96. The van der Waals surface area contributed by atoms with Crippen LogP contribution >= 0.6 is 0 Å². The van der Waals surface area contributed by atoms with Crippen molar-refractivity contribution < 1.29 is 24.2 Å². The number of fused-ring (bicyclic) bond motifs is 1. The summed E-state index contributed by atoms with van der Waals surface area (Å²) in [6.07, 6.45) is 3.68. The summed E-state index contributed by atoms with van der Waals surface area (Å²) in [5.74, 6) is -1.43. The number of aliphatic carboxylic acids is 1. The molecule has 0 aliphatic carbocycles. The maximum Gasteiger partial charge on any atom is 0.328 e. The lowest BCUT2D eigenvalue weighted by Gasteiger charge is -2.35. The van der Waals surface area contributed by atoms with E-state index in [-0.39, 0.29) is 25.1 Å². The van der Waals surface area contributed by atoms with Gasteiger partial charge in [0, 0.05) is 46.1 Å². The molecule has 3 rings (SSSR count). The fraction of sp³-hybridized carbons (Fsp3) is 0.529. The van der Waals surface area contributed by atoms with Crippen LogP contribution in [0.3, 0.4) is 0 Å². The monoisotopic (exact) mass is 362 g/mol. The van der Waals surface area contributed by atoms with Crippen LogP contribution < -0.4 is 0 Å². The molecule has 1 atom stereocenters. The Kier molecular flexibility index (Phi) is 5.08. The minimum Gasteiger partial charge on any atom is -0.480 e. The SMILES string of the molecule is CN(C)C(=O)N1CCc2c(cncc2C(=O)N2CCOCC2C(=O)O)C1. The summed E-state index contributed by atoms with van der Waals surface area (Å²) < 4.78 is 5.20. The van der Waals surface area contributed by atoms with Gasteiger partial charge in [-0.1, -0.05) is 0 Å². The van der Waals surface area contributed by atoms with Crippen LogP contribution in [0.4, 0.5) is 4.79 Å². The highest BCUT2D eigenvalue weighted by molar-refractivity contribution is 5.98. The highest BCUT2D eigenvalue weighted by Gasteiger charge is 2.35. The van der Waals surface area contributed by atoms with Crippen molar-refractivity contribution in [2.24, 2.45) is 0 Å². The normalized spacial score (nSPS) is 19.7. The van der Waals surface area contributed by atoms with Gasteiger partial charge in [-0.25, -0.2) is 9.59 Å². The Bertz CT molecular complexity index is 736. The third-order valence-corrected chi connectivity index (χ3v) is 4.70. The highest BCUT2D eigenvalue weighted by atomic mass is 16.5. The molecule has 1 unspecified atom stereocenters. The van der Waals surface area contributed by atoms with E-state index in [4.69, 9.17) is 4.74 Å². The molecular formula is C17H22N4O5. The summed E-state index contributed by atoms with van der Waals surface area (Å²) in [4.78, 5) is 45.3. The topological polar surface area (TPSA) is 103 Å². The number of pyridine rings is 1. The number of hydrogen-bond acceptors (Lipinski definition) is 5. The first kappa shape index (κ1) is 18.1. The molecule has 9 heteroatoms. The molecule has 1 aromatic heterocycles. The largest absolute Gasteiger partial charge is 0.480 e. The molecule has 140 valence electrons. The summed E-state index contributed by atoms with van der Waals surface area (Å²) in [7, 11) is 3.39. The minimum absolute atomic E-state index is 0.0192. The average molecular weight is 362 g/mol. The zero-order valence-electron chi connectivity index (χ0n) is 14.8. The Morgan fingerprint density at radius 2 is 2.04 bits per heavy atom. The first-order chi connectivity index (χ1) is 12.4. The van der Waals surface area contributed by atoms with Crippen LogP contribution in [0, 0.1) is 0 Å². The van der Waals surface area contributed by atoms with E-state index in [9.17, 15) is 19.5 Å². The summed E-state index contributed by atoms with van der Waals surface area (Å²) >= 11 is 0. The number of hydrogen-bond donors (Lipinski definition) is 1. The zero-order chi connectivity index (χ0) is 18.8. The van der Waals surface area contributed by atoms with E-state index in [2.05, 4.69) is 4.98 Å². The summed E-state index contributed by atoms with van der Waals surface area (Å²) in [6.45, 7) is 1.40. The van der Waals surface area contributed by atoms with Gasteiger partial charge < -0.3 is 24.5 Å². The first-order valence-corrected chi connectivity index (χ1v) is 8.43. The number of morpholine rings is 1. The van der Waals surface area contributed by atoms with Gasteiger partial charge in [-0.15, -0.1) is 0 Å². The van der Waals surface area contributed by atoms with Crippen molar-refractivity contribution in [1.29, 1.82) is 0 Å². The lowest BCUT2D eigenvalue weighted by Crippen LogP contribution is -2.53. The maximum absolute atomic E-state index is 13.0. The van der Waals surface area contributed by atoms with Crippen molar-refractivity contribution >= 4 is 17.9 Å². The fourth-order valence-corrected chi connectivity index (χ4v) is 3.33. The van der Waals surface area contributed by atoms with E-state index in [0.717, 1.165) is 11.1 Å². The van der Waals surface area contributed by atoms with Gasteiger partial charge in [0.05, 0.1) is 18.8 Å². The molecule has 1 N–H and O–H groups in total. The summed E-state index contributed by atoms with van der Waals surface area (Å²) in [6, 6.07) is -1.09. The Hall–Kier alpha value is -2.68. The van der Waals surface area contributed by atoms with Crippen molar-refractivity contribution in [2.45, 2.75) is 19.0 Å². The molecule has 9 nitrogen and oxygen atoms in total. The van der Waals surface area contributed by atoms with Crippen molar-refractivity contribution in [3.63, 3.8) is 0 Å². The average Bonchev–Trinajstić information content (AvgIpc) is 2.65. The van der Waals surface area contributed by atoms with E-state index < -0.39 is 12.0 Å². The molecule has 1 aromatic rings. The number of rotatable bonds is 2. The molecule has 0 saturated carbocycles. The molecule has 0 radical (unpaired) electrons. The standard InChI is InChI=1S/C17H22N4O5/c1-19(2)17(25)20-4-3-12-11(9-20)7-18-8-13(12)15(22)21-5-6-26-10-14(21)16(23)24/h7-8,14H,3-6,9-10H2,1-2H3,(H,23,24). The molecule has 2 aliphatic rings. The zero-order valence-corrected chi connectivity index (χ0v) is 14.8. The molecule has 2 aliphatic heterocycles. The Morgan fingerprint density at radius 3 is 2.73 bits per heavy atom. The molecule has 0 bridgehead atoms. The van der Waals surface area contributed by atoms with Crippen LogP contribution in [0.25, 0.3) is 0 Å². The highest BCUT2D eigenvalue weighted by Crippen LogP contribution is 2.24. The smallest absolute Gasteiger partial charge is 0.328 e. The van der Waals surface area contributed by atoms with E-state index in [1.807, 2.05) is 0 Å². The number of amides is 3. The van der Waals surface area contributed by atoms with Crippen LogP contribution in [0.2, 0.25) is 0 Å². The van der Waals surface area contributed by atoms with E-state index >= 15 is 0 Å². The number of nitrogens with zero attached hydrogens (tertiary/aromatic N) is 4. The lowest BCUT2D eigenvalue weighted by molar-refractivity contribution is -0.147. The number of carboxylic acid groups (broad SMARTS) is 1. The van der Waals surface area contributed by atoms with Crippen molar-refractivity contribution in [3.8, 4) is 0 Å². The van der Waals surface area contributed by atoms with Crippen molar-refractivity contribution in [2.75, 3.05) is 40.4 Å². The Morgan fingerprint density at radius 1 is 1.27 bits per heavy atom. The second kappa shape index (κ2) is 7.28. The predicted octanol–water partition coefficient (Wildman–Crippen LogP) is 0.0469. The van der Waals surface area contributed by atoms with Gasteiger partial charge in [0.2, 0.25) is 0 Å². The second-order valence-corrected chi connectivity index (χ2v) is 6.60. The third kappa shape index (κ3) is 3.34. The number of carboxylic acids is 1. The van der Waals surface area contributed by atoms with Crippen LogP contribution in [-0.2, 0) is 22.5 Å². The molecule has 3 heterocycles. The second-order valence-electron chi connectivity index (χ2n) is 6.60. The van der Waals surface area contributed by atoms with Gasteiger partial charge in [0.1, 0.15) is 0 Å². The quantitative estimate of drug-likeness (QED) is 0.797. The van der Waals surface area contributed by atoms with Gasteiger partial charge in [-0.2, -0.15) is 0 Å². The fourth-order valence-electron chi connectivity index (χ4n) is 3.33. The van der Waals surface area contributed by atoms with E-state index in [1.165, 1.54) is 16.0 Å². The van der Waals surface area contributed by atoms with Gasteiger partial charge in [-0.05, 0) is 17.5 Å². The number of carbonyl (C=O) groups is 3. The van der Waals surface area contributed by atoms with Crippen molar-refractivity contribution in [3.05, 3.63) is 29.1 Å². The third-order valence-electron chi connectivity index (χ3n) is 4.70. The minimum atomic E-state index is -1.08. The van der Waals surface area contributed by atoms with Gasteiger partial charge in [-0.3, -0.25) is 9.78 Å². The molecule has 0 aromatic carbocycles. The maximum atomic E-state index is 13.0. The molecule has 1 saturated heterocycles. The van der Waals surface area contributed by atoms with Crippen molar-refractivity contribution in [1.82, 2.24) is 19.7 Å².